The van der Waals surface area contributed by atoms with Crippen LogP contribution in [-0.2, 0) is 0 Å². The monoisotopic (exact) mass is 280 g/mol. The summed E-state index contributed by atoms with van der Waals surface area (Å²) in [4.78, 5) is 24.0. The molecule has 82 valence electrons. The molecule has 0 spiro atoms. The number of imide groups is 1. The molecule has 1 fully saturated rings. The Labute approximate surface area is 101 Å². The third-order valence-electron chi connectivity index (χ3n) is 2.89. The fourth-order valence-corrected chi connectivity index (χ4v) is 2.49. The van der Waals surface area contributed by atoms with Crippen LogP contribution in [0.1, 0.15) is 20.7 Å². The van der Waals surface area contributed by atoms with Gasteiger partial charge in [0, 0.05) is 11.9 Å². The van der Waals surface area contributed by atoms with Crippen LogP contribution in [0.2, 0.25) is 0 Å². The molecular weight excluding hydrogens is 272 g/mol. The van der Waals surface area contributed by atoms with Gasteiger partial charge in [-0.3, -0.25) is 9.59 Å². The SMILES string of the molecule is O=C1c2ccccc2C(=O)N1N1CC1CBr. The Hall–Kier alpha value is -1.20. The number of carbonyl (C=O) groups is 2. The third kappa shape index (κ3) is 1.25. The molecule has 2 unspecified atom stereocenters. The lowest BCUT2D eigenvalue weighted by Crippen LogP contribution is -2.36. The normalized spacial score (nSPS) is 27.2. The minimum atomic E-state index is -0.205. The number of alkyl halides is 1. The number of rotatable bonds is 2. The molecule has 0 N–H and O–H groups in total. The molecule has 0 aromatic heterocycles. The summed E-state index contributed by atoms with van der Waals surface area (Å²) in [5.41, 5.74) is 1.01. The van der Waals surface area contributed by atoms with Crippen molar-refractivity contribution in [3.8, 4) is 0 Å². The lowest BCUT2D eigenvalue weighted by molar-refractivity contribution is 0.0377. The van der Waals surface area contributed by atoms with Gasteiger partial charge in [-0.2, -0.15) is 0 Å². The average Bonchev–Trinajstić information content (AvgIpc) is 3.03. The van der Waals surface area contributed by atoms with Gasteiger partial charge >= 0.3 is 0 Å². The fourth-order valence-electron chi connectivity index (χ4n) is 1.95. The van der Waals surface area contributed by atoms with Crippen LogP contribution in [0.3, 0.4) is 0 Å². The minimum absolute atomic E-state index is 0.205. The van der Waals surface area contributed by atoms with E-state index in [1.54, 1.807) is 29.3 Å². The summed E-state index contributed by atoms with van der Waals surface area (Å²) in [7, 11) is 0. The molecular formula is C11H9BrN2O2. The molecule has 2 aliphatic heterocycles. The second kappa shape index (κ2) is 3.40. The Morgan fingerprint density at radius 3 is 2.19 bits per heavy atom. The molecule has 2 aliphatic rings. The zero-order valence-electron chi connectivity index (χ0n) is 8.39. The largest absolute Gasteiger partial charge is 0.276 e. The first-order valence-electron chi connectivity index (χ1n) is 5.04. The summed E-state index contributed by atoms with van der Waals surface area (Å²) >= 11 is 3.35. The van der Waals surface area contributed by atoms with E-state index < -0.39 is 0 Å². The molecule has 1 aromatic rings. The highest BCUT2D eigenvalue weighted by atomic mass is 79.9. The Bertz CT molecular complexity index is 454. The number of amides is 2. The lowest BCUT2D eigenvalue weighted by atomic mass is 10.1. The zero-order chi connectivity index (χ0) is 11.3. The van der Waals surface area contributed by atoms with Gasteiger partial charge < -0.3 is 0 Å². The Balaban J connectivity index is 1.96. The van der Waals surface area contributed by atoms with Crippen molar-refractivity contribution in [3.63, 3.8) is 0 Å². The summed E-state index contributed by atoms with van der Waals surface area (Å²) in [6.07, 6.45) is 0. The topological polar surface area (TPSA) is 40.4 Å². The van der Waals surface area contributed by atoms with Crippen molar-refractivity contribution in [3.05, 3.63) is 35.4 Å². The standard InChI is InChI=1S/C11H9BrN2O2/c12-5-7-6-13(7)14-10(15)8-3-1-2-4-9(8)11(14)16/h1-4,7H,5-6H2. The number of carbonyl (C=O) groups excluding carboxylic acids is 2. The van der Waals surface area contributed by atoms with Gasteiger partial charge in [0.1, 0.15) is 0 Å². The van der Waals surface area contributed by atoms with Crippen LogP contribution >= 0.6 is 15.9 Å². The van der Waals surface area contributed by atoms with Crippen molar-refractivity contribution < 1.29 is 9.59 Å². The number of fused-ring (bicyclic) bond motifs is 1. The smallest absolute Gasteiger partial charge is 0.267 e. The molecule has 0 bridgehead atoms. The number of hydrogen-bond acceptors (Lipinski definition) is 3. The fraction of sp³-hybridized carbons (Fsp3) is 0.273. The first kappa shape index (κ1) is 9.99. The maximum absolute atomic E-state index is 12.0. The van der Waals surface area contributed by atoms with E-state index >= 15 is 0 Å². The summed E-state index contributed by atoms with van der Waals surface area (Å²) < 4.78 is 0. The van der Waals surface area contributed by atoms with Gasteiger partial charge in [0.25, 0.3) is 11.8 Å². The number of halogens is 1. The average molecular weight is 281 g/mol. The van der Waals surface area contributed by atoms with Crippen molar-refractivity contribution >= 4 is 27.7 Å². The second-order valence-corrected chi connectivity index (χ2v) is 4.55. The van der Waals surface area contributed by atoms with Gasteiger partial charge in [0.15, 0.2) is 0 Å². The van der Waals surface area contributed by atoms with Crippen molar-refractivity contribution in [2.45, 2.75) is 6.04 Å². The summed E-state index contributed by atoms with van der Waals surface area (Å²) in [6.45, 7) is 0.761. The number of nitrogens with zero attached hydrogens (tertiary/aromatic N) is 2. The third-order valence-corrected chi connectivity index (χ3v) is 3.64. The van der Waals surface area contributed by atoms with E-state index in [9.17, 15) is 9.59 Å². The van der Waals surface area contributed by atoms with E-state index in [2.05, 4.69) is 15.9 Å². The van der Waals surface area contributed by atoms with Crippen LogP contribution in [-0.4, -0.2) is 39.7 Å². The van der Waals surface area contributed by atoms with Gasteiger partial charge in [0.05, 0.1) is 17.2 Å². The molecule has 2 atom stereocenters. The molecule has 2 amide bonds. The van der Waals surface area contributed by atoms with Crippen molar-refractivity contribution in [2.24, 2.45) is 0 Å². The highest BCUT2D eigenvalue weighted by molar-refractivity contribution is 9.09. The zero-order valence-corrected chi connectivity index (χ0v) is 9.98. The molecule has 0 radical (unpaired) electrons. The second-order valence-electron chi connectivity index (χ2n) is 3.90. The summed E-state index contributed by atoms with van der Waals surface area (Å²) in [5, 5.41) is 3.83. The van der Waals surface area contributed by atoms with Crippen LogP contribution in [0.5, 0.6) is 0 Å². The summed E-state index contributed by atoms with van der Waals surface area (Å²) in [6, 6.07) is 7.21. The van der Waals surface area contributed by atoms with Crippen LogP contribution < -0.4 is 0 Å². The first-order valence-corrected chi connectivity index (χ1v) is 6.16. The van der Waals surface area contributed by atoms with Gasteiger partial charge in [-0.15, -0.1) is 0 Å². The van der Waals surface area contributed by atoms with Gasteiger partial charge in [-0.1, -0.05) is 28.1 Å². The van der Waals surface area contributed by atoms with E-state index in [1.807, 2.05) is 0 Å². The molecule has 1 aromatic carbocycles. The molecule has 1 saturated heterocycles. The number of hydrazine groups is 1. The van der Waals surface area contributed by atoms with Crippen LogP contribution in [0, 0.1) is 0 Å². The van der Waals surface area contributed by atoms with E-state index in [-0.39, 0.29) is 17.9 Å². The molecule has 4 nitrogen and oxygen atoms in total. The molecule has 0 saturated carbocycles. The molecule has 16 heavy (non-hydrogen) atoms. The van der Waals surface area contributed by atoms with E-state index in [4.69, 9.17) is 0 Å². The molecule has 3 rings (SSSR count). The van der Waals surface area contributed by atoms with Gasteiger partial charge in [-0.25, -0.2) is 10.0 Å². The number of hydrogen-bond donors (Lipinski definition) is 0. The number of benzene rings is 1. The lowest BCUT2D eigenvalue weighted by Gasteiger charge is -2.14. The Morgan fingerprint density at radius 2 is 1.75 bits per heavy atom. The Kier molecular flexibility index (Phi) is 2.12. The van der Waals surface area contributed by atoms with E-state index in [0.717, 1.165) is 11.9 Å². The van der Waals surface area contributed by atoms with Crippen LogP contribution in [0.25, 0.3) is 0 Å². The first-order chi connectivity index (χ1) is 7.74. The summed E-state index contributed by atoms with van der Waals surface area (Å²) in [5.74, 6) is -0.409. The maximum atomic E-state index is 12.0. The molecule has 5 heteroatoms. The molecule has 2 heterocycles. The van der Waals surface area contributed by atoms with Crippen LogP contribution in [0.4, 0.5) is 0 Å². The van der Waals surface area contributed by atoms with E-state index in [1.165, 1.54) is 5.01 Å². The Morgan fingerprint density at radius 1 is 1.19 bits per heavy atom. The highest BCUT2D eigenvalue weighted by Crippen LogP contribution is 2.31. The van der Waals surface area contributed by atoms with Crippen molar-refractivity contribution in [1.82, 2.24) is 10.0 Å². The van der Waals surface area contributed by atoms with E-state index in [0.29, 0.717) is 11.1 Å². The highest BCUT2D eigenvalue weighted by Gasteiger charge is 2.48. The van der Waals surface area contributed by atoms with Crippen molar-refractivity contribution in [1.29, 1.82) is 0 Å². The molecule has 0 aliphatic carbocycles. The van der Waals surface area contributed by atoms with Gasteiger partial charge in [0.2, 0.25) is 0 Å². The van der Waals surface area contributed by atoms with Crippen LogP contribution in [0.15, 0.2) is 24.3 Å². The maximum Gasteiger partial charge on any atom is 0.276 e. The van der Waals surface area contributed by atoms with Gasteiger partial charge in [-0.05, 0) is 12.1 Å². The van der Waals surface area contributed by atoms with Crippen molar-refractivity contribution in [2.75, 3.05) is 11.9 Å². The quantitative estimate of drug-likeness (QED) is 0.466. The predicted octanol–water partition coefficient (Wildman–Crippen LogP) is 1.28. The minimum Gasteiger partial charge on any atom is -0.267 e. The predicted molar refractivity (Wildman–Crippen MR) is 61.2 cm³/mol.